The van der Waals surface area contributed by atoms with Crippen molar-refractivity contribution in [3.63, 3.8) is 0 Å². The molecule has 1 N–H and O–H groups in total. The maximum atomic E-state index is 3.86. The molecular weight excluding hydrogens is 206 g/mol. The van der Waals surface area contributed by atoms with Gasteiger partial charge in [-0.15, -0.1) is 0 Å². The van der Waals surface area contributed by atoms with Gasteiger partial charge in [0, 0.05) is 12.1 Å². The quantitative estimate of drug-likeness (QED) is 0.823. The first-order valence-corrected chi connectivity index (χ1v) is 7.13. The summed E-state index contributed by atoms with van der Waals surface area (Å²) in [4.78, 5) is 0. The van der Waals surface area contributed by atoms with Crippen LogP contribution in [-0.4, -0.2) is 6.04 Å². The average Bonchev–Trinajstić information content (AvgIpc) is 2.39. The van der Waals surface area contributed by atoms with Gasteiger partial charge in [-0.25, -0.2) is 0 Å². The monoisotopic (exact) mass is 231 g/mol. The summed E-state index contributed by atoms with van der Waals surface area (Å²) in [6.45, 7) is 6.91. The number of benzene rings is 1. The van der Waals surface area contributed by atoms with E-state index in [4.69, 9.17) is 0 Å². The third-order valence-corrected chi connectivity index (χ3v) is 4.28. The molecule has 1 aliphatic heterocycles. The number of nitrogens with one attached hydrogen (secondary N) is 1. The van der Waals surface area contributed by atoms with Crippen molar-refractivity contribution in [2.24, 2.45) is 5.92 Å². The molecule has 0 fully saturated rings. The van der Waals surface area contributed by atoms with Crippen molar-refractivity contribution in [2.45, 2.75) is 58.5 Å². The second-order valence-corrected chi connectivity index (χ2v) is 5.23. The van der Waals surface area contributed by atoms with Crippen LogP contribution in [0, 0.1) is 5.92 Å². The van der Waals surface area contributed by atoms with Gasteiger partial charge in [0.05, 0.1) is 0 Å². The van der Waals surface area contributed by atoms with Crippen molar-refractivity contribution in [1.29, 1.82) is 0 Å². The molecule has 1 aliphatic rings. The Bertz CT molecular complexity index is 354. The summed E-state index contributed by atoms with van der Waals surface area (Å²) >= 11 is 0. The average molecular weight is 231 g/mol. The molecule has 0 aromatic heterocycles. The first kappa shape index (κ1) is 12.6. The van der Waals surface area contributed by atoms with Gasteiger partial charge in [0.25, 0.3) is 0 Å². The van der Waals surface area contributed by atoms with Crippen LogP contribution < -0.4 is 5.32 Å². The van der Waals surface area contributed by atoms with Crippen molar-refractivity contribution in [1.82, 2.24) is 5.32 Å². The lowest BCUT2D eigenvalue weighted by atomic mass is 9.81. The van der Waals surface area contributed by atoms with E-state index in [0.29, 0.717) is 12.1 Å². The summed E-state index contributed by atoms with van der Waals surface area (Å²) in [6.07, 6.45) is 4.95. The molecule has 0 radical (unpaired) electrons. The van der Waals surface area contributed by atoms with Crippen molar-refractivity contribution >= 4 is 0 Å². The molecule has 1 aromatic rings. The fourth-order valence-electron chi connectivity index (χ4n) is 3.10. The lowest BCUT2D eigenvalue weighted by molar-refractivity contribution is 0.285. The Morgan fingerprint density at radius 2 is 1.88 bits per heavy atom. The van der Waals surface area contributed by atoms with Gasteiger partial charge >= 0.3 is 0 Å². The SMILES string of the molecule is CCC1Cc2ccccc2C(C(CC)CC)N1. The van der Waals surface area contributed by atoms with Gasteiger partial charge in [0.1, 0.15) is 0 Å². The standard InChI is InChI=1S/C16H25N/c1-4-12(5-2)16-15-10-8-7-9-13(15)11-14(6-3)17-16/h7-10,12,14,16-17H,4-6,11H2,1-3H3. The molecule has 2 unspecified atom stereocenters. The molecule has 0 spiro atoms. The van der Waals surface area contributed by atoms with Crippen molar-refractivity contribution < 1.29 is 0 Å². The Morgan fingerprint density at radius 3 is 2.53 bits per heavy atom. The van der Waals surface area contributed by atoms with Crippen molar-refractivity contribution in [3.8, 4) is 0 Å². The highest BCUT2D eigenvalue weighted by atomic mass is 15.0. The number of fused-ring (bicyclic) bond motifs is 1. The summed E-state index contributed by atoms with van der Waals surface area (Å²) in [5.74, 6) is 0.769. The molecule has 0 amide bonds. The predicted molar refractivity (Wildman–Crippen MR) is 74.2 cm³/mol. The zero-order chi connectivity index (χ0) is 12.3. The van der Waals surface area contributed by atoms with Crippen LogP contribution in [0.4, 0.5) is 0 Å². The van der Waals surface area contributed by atoms with Gasteiger partial charge in [0.15, 0.2) is 0 Å². The minimum absolute atomic E-state index is 0.569. The van der Waals surface area contributed by atoms with Crippen molar-refractivity contribution in [2.75, 3.05) is 0 Å². The van der Waals surface area contributed by atoms with E-state index in [1.54, 1.807) is 11.1 Å². The number of hydrogen-bond donors (Lipinski definition) is 1. The second kappa shape index (κ2) is 5.68. The zero-order valence-electron chi connectivity index (χ0n) is 11.4. The van der Waals surface area contributed by atoms with Crippen LogP contribution in [0.25, 0.3) is 0 Å². The maximum absolute atomic E-state index is 3.86. The molecular formula is C16H25N. The molecule has 17 heavy (non-hydrogen) atoms. The lowest BCUT2D eigenvalue weighted by Gasteiger charge is -2.37. The molecule has 1 heterocycles. The molecule has 0 bridgehead atoms. The number of rotatable bonds is 4. The largest absolute Gasteiger partial charge is 0.307 e. The van der Waals surface area contributed by atoms with E-state index in [-0.39, 0.29) is 0 Å². The van der Waals surface area contributed by atoms with E-state index in [2.05, 4.69) is 50.4 Å². The summed E-state index contributed by atoms with van der Waals surface area (Å²) in [5, 5.41) is 3.86. The van der Waals surface area contributed by atoms with Gasteiger partial charge in [-0.1, -0.05) is 57.9 Å². The first-order valence-electron chi connectivity index (χ1n) is 7.13. The van der Waals surface area contributed by atoms with Crippen LogP contribution in [0.15, 0.2) is 24.3 Å². The van der Waals surface area contributed by atoms with E-state index >= 15 is 0 Å². The minimum Gasteiger partial charge on any atom is -0.307 e. The summed E-state index contributed by atoms with van der Waals surface area (Å²) < 4.78 is 0. The van der Waals surface area contributed by atoms with Gasteiger partial charge < -0.3 is 5.32 Å². The van der Waals surface area contributed by atoms with Crippen LogP contribution in [0.1, 0.15) is 57.2 Å². The third-order valence-electron chi connectivity index (χ3n) is 4.28. The van der Waals surface area contributed by atoms with Crippen LogP contribution >= 0.6 is 0 Å². The van der Waals surface area contributed by atoms with Gasteiger partial charge in [-0.3, -0.25) is 0 Å². The topological polar surface area (TPSA) is 12.0 Å². The fraction of sp³-hybridized carbons (Fsp3) is 0.625. The van der Waals surface area contributed by atoms with Gasteiger partial charge in [-0.2, -0.15) is 0 Å². The van der Waals surface area contributed by atoms with E-state index in [9.17, 15) is 0 Å². The van der Waals surface area contributed by atoms with Gasteiger partial charge in [0.2, 0.25) is 0 Å². The molecule has 1 nitrogen and oxygen atoms in total. The van der Waals surface area contributed by atoms with Gasteiger partial charge in [-0.05, 0) is 29.9 Å². The second-order valence-electron chi connectivity index (χ2n) is 5.23. The van der Waals surface area contributed by atoms with E-state index in [0.717, 1.165) is 5.92 Å². The van der Waals surface area contributed by atoms with Crippen LogP contribution in [0.5, 0.6) is 0 Å². The Hall–Kier alpha value is -0.820. The molecule has 0 saturated heterocycles. The summed E-state index contributed by atoms with van der Waals surface area (Å²) in [6, 6.07) is 10.2. The third kappa shape index (κ3) is 2.55. The van der Waals surface area contributed by atoms with Crippen LogP contribution in [-0.2, 0) is 6.42 Å². The first-order chi connectivity index (χ1) is 8.30. The number of hydrogen-bond acceptors (Lipinski definition) is 1. The molecule has 0 saturated carbocycles. The maximum Gasteiger partial charge on any atom is 0.0353 e. The Balaban J connectivity index is 2.31. The normalized spacial score (nSPS) is 23.8. The van der Waals surface area contributed by atoms with E-state index in [1.807, 2.05) is 0 Å². The van der Waals surface area contributed by atoms with Crippen LogP contribution in [0.3, 0.4) is 0 Å². The predicted octanol–water partition coefficient (Wildman–Crippen LogP) is 4.09. The molecule has 94 valence electrons. The smallest absolute Gasteiger partial charge is 0.0353 e. The summed E-state index contributed by atoms with van der Waals surface area (Å²) in [5.41, 5.74) is 3.11. The van der Waals surface area contributed by atoms with Crippen LogP contribution in [0.2, 0.25) is 0 Å². The fourth-order valence-corrected chi connectivity index (χ4v) is 3.10. The van der Waals surface area contributed by atoms with E-state index < -0.39 is 0 Å². The highest BCUT2D eigenvalue weighted by Crippen LogP contribution is 2.34. The lowest BCUT2D eigenvalue weighted by Crippen LogP contribution is -2.42. The zero-order valence-corrected chi connectivity index (χ0v) is 11.4. The molecule has 1 heteroatoms. The Kier molecular flexibility index (Phi) is 4.22. The highest BCUT2D eigenvalue weighted by molar-refractivity contribution is 5.33. The van der Waals surface area contributed by atoms with Crippen molar-refractivity contribution in [3.05, 3.63) is 35.4 Å². The highest BCUT2D eigenvalue weighted by Gasteiger charge is 2.29. The molecule has 0 aliphatic carbocycles. The Morgan fingerprint density at radius 1 is 1.18 bits per heavy atom. The summed E-state index contributed by atoms with van der Waals surface area (Å²) in [7, 11) is 0. The minimum atomic E-state index is 0.569. The Labute approximate surface area is 106 Å². The molecule has 2 atom stereocenters. The van der Waals surface area contributed by atoms with E-state index in [1.165, 1.54) is 25.7 Å². The molecule has 2 rings (SSSR count). The molecule has 1 aromatic carbocycles.